The summed E-state index contributed by atoms with van der Waals surface area (Å²) in [7, 11) is 0. The van der Waals surface area contributed by atoms with Crippen molar-refractivity contribution < 1.29 is 9.59 Å². The summed E-state index contributed by atoms with van der Waals surface area (Å²) in [5.41, 5.74) is -0.448. The minimum absolute atomic E-state index is 0.000711. The number of carbonyl (C=O) groups is 2. The van der Waals surface area contributed by atoms with Gasteiger partial charge in [-0.3, -0.25) is 14.5 Å². The lowest BCUT2D eigenvalue weighted by Crippen LogP contribution is -2.44. The van der Waals surface area contributed by atoms with Gasteiger partial charge in [0.05, 0.1) is 5.41 Å². The Bertz CT molecular complexity index is 359. The van der Waals surface area contributed by atoms with Crippen LogP contribution in [0.3, 0.4) is 0 Å². The van der Waals surface area contributed by atoms with Crippen LogP contribution in [0.15, 0.2) is 0 Å². The summed E-state index contributed by atoms with van der Waals surface area (Å²) in [6, 6.07) is 0. The van der Waals surface area contributed by atoms with E-state index < -0.39 is 5.41 Å². The van der Waals surface area contributed by atoms with Gasteiger partial charge in [-0.1, -0.05) is 33.1 Å². The van der Waals surface area contributed by atoms with Crippen molar-refractivity contribution in [1.29, 1.82) is 0 Å². The van der Waals surface area contributed by atoms with Gasteiger partial charge in [0.2, 0.25) is 11.8 Å². The number of likely N-dealkylation sites (tertiary alicyclic amines) is 1. The van der Waals surface area contributed by atoms with E-state index in [1.165, 1.54) is 24.2 Å². The van der Waals surface area contributed by atoms with Crippen molar-refractivity contribution in [3.63, 3.8) is 0 Å². The van der Waals surface area contributed by atoms with Crippen LogP contribution >= 0.6 is 12.6 Å². The molecule has 0 aromatic rings. The van der Waals surface area contributed by atoms with Crippen molar-refractivity contribution in [2.75, 3.05) is 12.3 Å². The molecule has 2 amide bonds. The van der Waals surface area contributed by atoms with Gasteiger partial charge in [-0.25, -0.2) is 0 Å². The van der Waals surface area contributed by atoms with Gasteiger partial charge in [0.1, 0.15) is 0 Å². The van der Waals surface area contributed by atoms with E-state index in [0.717, 1.165) is 18.6 Å². The molecular formula is C14H23NO2S. The van der Waals surface area contributed by atoms with Crippen molar-refractivity contribution in [2.24, 2.45) is 10.8 Å². The molecule has 0 aromatic carbocycles. The zero-order chi connectivity index (χ0) is 13.4. The van der Waals surface area contributed by atoms with Crippen LogP contribution in [0.25, 0.3) is 0 Å². The van der Waals surface area contributed by atoms with Gasteiger partial charge in [0, 0.05) is 13.0 Å². The Labute approximate surface area is 115 Å². The Hall–Kier alpha value is -0.510. The summed E-state index contributed by atoms with van der Waals surface area (Å²) in [6.45, 7) is 4.31. The molecular weight excluding hydrogens is 246 g/mol. The van der Waals surface area contributed by atoms with Gasteiger partial charge in [-0.2, -0.15) is 12.6 Å². The standard InChI is InChI=1S/C14H23NO2S/c1-13(2)8-11(16)15(12(13)17)9-14(10-18)6-4-3-5-7-14/h18H,3-10H2,1-2H3. The van der Waals surface area contributed by atoms with E-state index in [1.54, 1.807) is 0 Å². The van der Waals surface area contributed by atoms with E-state index in [0.29, 0.717) is 13.0 Å². The fourth-order valence-electron chi connectivity index (χ4n) is 3.19. The molecule has 0 unspecified atom stereocenters. The van der Waals surface area contributed by atoms with Gasteiger partial charge in [-0.15, -0.1) is 0 Å². The number of nitrogens with zero attached hydrogens (tertiary/aromatic N) is 1. The number of carbonyl (C=O) groups excluding carboxylic acids is 2. The minimum Gasteiger partial charge on any atom is -0.282 e. The highest BCUT2D eigenvalue weighted by atomic mass is 32.1. The molecule has 1 aliphatic carbocycles. The second kappa shape index (κ2) is 4.87. The molecule has 2 aliphatic rings. The van der Waals surface area contributed by atoms with Crippen molar-refractivity contribution >= 4 is 24.4 Å². The molecule has 0 radical (unpaired) electrons. The zero-order valence-electron chi connectivity index (χ0n) is 11.4. The molecule has 1 aliphatic heterocycles. The summed E-state index contributed by atoms with van der Waals surface area (Å²) in [4.78, 5) is 25.8. The first-order valence-electron chi connectivity index (χ1n) is 6.86. The zero-order valence-corrected chi connectivity index (χ0v) is 12.3. The predicted octanol–water partition coefficient (Wildman–Crippen LogP) is 2.65. The summed E-state index contributed by atoms with van der Waals surface area (Å²) in [6.07, 6.45) is 6.19. The third-order valence-electron chi connectivity index (χ3n) is 4.46. The van der Waals surface area contributed by atoms with Gasteiger partial charge in [-0.05, 0) is 24.0 Å². The smallest absolute Gasteiger partial charge is 0.235 e. The first-order valence-corrected chi connectivity index (χ1v) is 7.49. The van der Waals surface area contributed by atoms with Crippen molar-refractivity contribution in [3.8, 4) is 0 Å². The molecule has 0 atom stereocenters. The van der Waals surface area contributed by atoms with Gasteiger partial charge in [0.25, 0.3) is 0 Å². The second-order valence-corrected chi connectivity index (χ2v) is 6.88. The lowest BCUT2D eigenvalue weighted by atomic mass is 9.75. The highest BCUT2D eigenvalue weighted by Crippen LogP contribution is 2.41. The molecule has 3 nitrogen and oxygen atoms in total. The van der Waals surface area contributed by atoms with Crippen molar-refractivity contribution in [2.45, 2.75) is 52.4 Å². The first-order chi connectivity index (χ1) is 8.40. The molecule has 0 bridgehead atoms. The molecule has 4 heteroatoms. The molecule has 0 N–H and O–H groups in total. The summed E-state index contributed by atoms with van der Waals surface area (Å²) < 4.78 is 0. The van der Waals surface area contributed by atoms with Crippen LogP contribution in [-0.2, 0) is 9.59 Å². The van der Waals surface area contributed by atoms with Gasteiger partial charge in [0.15, 0.2) is 0 Å². The van der Waals surface area contributed by atoms with Crippen molar-refractivity contribution in [1.82, 2.24) is 4.90 Å². The Morgan fingerprint density at radius 1 is 1.17 bits per heavy atom. The minimum atomic E-state index is -0.510. The topological polar surface area (TPSA) is 37.4 Å². The largest absolute Gasteiger partial charge is 0.282 e. The highest BCUT2D eigenvalue weighted by Gasteiger charge is 2.47. The maximum absolute atomic E-state index is 12.2. The number of hydrogen-bond acceptors (Lipinski definition) is 3. The second-order valence-electron chi connectivity index (χ2n) is 6.56. The number of thiol groups is 1. The number of hydrogen-bond donors (Lipinski definition) is 1. The summed E-state index contributed by atoms with van der Waals surface area (Å²) >= 11 is 4.48. The van der Waals surface area contributed by atoms with Crippen LogP contribution in [0.4, 0.5) is 0 Å². The highest BCUT2D eigenvalue weighted by molar-refractivity contribution is 7.80. The third-order valence-corrected chi connectivity index (χ3v) is 5.13. The summed E-state index contributed by atoms with van der Waals surface area (Å²) in [5.74, 6) is 0.765. The molecule has 1 heterocycles. The van der Waals surface area contributed by atoms with Crippen LogP contribution in [0.5, 0.6) is 0 Å². The van der Waals surface area contributed by atoms with E-state index in [9.17, 15) is 9.59 Å². The van der Waals surface area contributed by atoms with E-state index in [2.05, 4.69) is 12.6 Å². The molecule has 2 rings (SSSR count). The van der Waals surface area contributed by atoms with Gasteiger partial charge >= 0.3 is 0 Å². The van der Waals surface area contributed by atoms with E-state index >= 15 is 0 Å². The number of imide groups is 1. The average Bonchev–Trinajstić information content (AvgIpc) is 2.53. The Morgan fingerprint density at radius 2 is 1.78 bits per heavy atom. The van der Waals surface area contributed by atoms with Crippen molar-refractivity contribution in [3.05, 3.63) is 0 Å². The first kappa shape index (κ1) is 13.9. The summed E-state index contributed by atoms with van der Waals surface area (Å²) in [5, 5.41) is 0. The Kier molecular flexibility index (Phi) is 3.77. The quantitative estimate of drug-likeness (QED) is 0.632. The number of rotatable bonds is 3. The maximum Gasteiger partial charge on any atom is 0.235 e. The van der Waals surface area contributed by atoms with Crippen LogP contribution in [0, 0.1) is 10.8 Å². The molecule has 0 spiro atoms. The van der Waals surface area contributed by atoms with Gasteiger partial charge < -0.3 is 0 Å². The van der Waals surface area contributed by atoms with Crippen LogP contribution < -0.4 is 0 Å². The molecule has 1 saturated heterocycles. The lowest BCUT2D eigenvalue weighted by Gasteiger charge is -2.38. The Morgan fingerprint density at radius 3 is 2.22 bits per heavy atom. The SMILES string of the molecule is CC1(C)CC(=O)N(CC2(CS)CCCCC2)C1=O. The molecule has 0 aromatic heterocycles. The van der Waals surface area contributed by atoms with E-state index in [4.69, 9.17) is 0 Å². The fraction of sp³-hybridized carbons (Fsp3) is 0.857. The fourth-order valence-corrected chi connectivity index (χ4v) is 3.61. The third kappa shape index (κ3) is 2.44. The van der Waals surface area contributed by atoms with Crippen LogP contribution in [-0.4, -0.2) is 29.0 Å². The molecule has 18 heavy (non-hydrogen) atoms. The van der Waals surface area contributed by atoms with Crippen LogP contribution in [0.1, 0.15) is 52.4 Å². The van der Waals surface area contributed by atoms with E-state index in [-0.39, 0.29) is 17.2 Å². The van der Waals surface area contributed by atoms with Crippen LogP contribution in [0.2, 0.25) is 0 Å². The predicted molar refractivity (Wildman–Crippen MR) is 74.5 cm³/mol. The molecule has 102 valence electrons. The maximum atomic E-state index is 12.2. The number of amides is 2. The average molecular weight is 269 g/mol. The molecule has 2 fully saturated rings. The monoisotopic (exact) mass is 269 g/mol. The van der Waals surface area contributed by atoms with E-state index in [1.807, 2.05) is 13.8 Å². The lowest BCUT2D eigenvalue weighted by molar-refractivity contribution is -0.142. The Balaban J connectivity index is 2.12. The normalized spacial score (nSPS) is 26.7. The molecule has 1 saturated carbocycles.